The Labute approximate surface area is 74.8 Å². The van der Waals surface area contributed by atoms with Crippen LogP contribution in [0.15, 0.2) is 0 Å². The predicted octanol–water partition coefficient (Wildman–Crippen LogP) is 0.367. The Hall–Kier alpha value is -0.120. The van der Waals surface area contributed by atoms with E-state index in [2.05, 4.69) is 12.2 Å². The third-order valence-corrected chi connectivity index (χ3v) is 1.96. The average molecular weight is 175 g/mol. The van der Waals surface area contributed by atoms with E-state index in [4.69, 9.17) is 10.2 Å². The molecule has 12 heavy (non-hydrogen) atoms. The molecule has 0 spiro atoms. The van der Waals surface area contributed by atoms with Gasteiger partial charge in [-0.15, -0.1) is 0 Å². The predicted molar refractivity (Wildman–Crippen MR) is 50.1 cm³/mol. The molecule has 3 N–H and O–H groups in total. The van der Waals surface area contributed by atoms with Crippen LogP contribution >= 0.6 is 0 Å². The summed E-state index contributed by atoms with van der Waals surface area (Å²) in [4.78, 5) is 0. The van der Waals surface area contributed by atoms with Gasteiger partial charge in [0, 0.05) is 13.2 Å². The minimum Gasteiger partial charge on any atom is -0.396 e. The van der Waals surface area contributed by atoms with Crippen molar-refractivity contribution in [1.29, 1.82) is 0 Å². The molecule has 0 aromatic heterocycles. The molecule has 0 bridgehead atoms. The highest BCUT2D eigenvalue weighted by atomic mass is 16.3. The fourth-order valence-electron chi connectivity index (χ4n) is 1.32. The first-order valence-electron chi connectivity index (χ1n) is 4.77. The molecule has 74 valence electrons. The maximum atomic E-state index is 8.74. The highest BCUT2D eigenvalue weighted by molar-refractivity contribution is 4.61. The molecular formula is C9H21NO2. The number of nitrogens with one attached hydrogen (secondary N) is 1. The van der Waals surface area contributed by atoms with Gasteiger partial charge in [-0.1, -0.05) is 13.3 Å². The summed E-state index contributed by atoms with van der Waals surface area (Å²) < 4.78 is 0. The lowest BCUT2D eigenvalue weighted by Gasteiger charge is -2.14. The van der Waals surface area contributed by atoms with Crippen LogP contribution in [0.25, 0.3) is 0 Å². The minimum atomic E-state index is 0.192. The van der Waals surface area contributed by atoms with Crippen molar-refractivity contribution in [2.45, 2.75) is 26.2 Å². The molecule has 0 aliphatic rings. The monoisotopic (exact) mass is 175 g/mol. The van der Waals surface area contributed by atoms with Gasteiger partial charge >= 0.3 is 0 Å². The number of aliphatic hydroxyl groups excluding tert-OH is 2. The van der Waals surface area contributed by atoms with Crippen molar-refractivity contribution in [3.05, 3.63) is 0 Å². The molecule has 0 aromatic carbocycles. The summed E-state index contributed by atoms with van der Waals surface area (Å²) >= 11 is 0. The van der Waals surface area contributed by atoms with Gasteiger partial charge in [0.1, 0.15) is 0 Å². The van der Waals surface area contributed by atoms with Crippen LogP contribution in [0, 0.1) is 5.92 Å². The zero-order valence-electron chi connectivity index (χ0n) is 7.92. The first-order valence-corrected chi connectivity index (χ1v) is 4.77. The first-order chi connectivity index (χ1) is 5.85. The van der Waals surface area contributed by atoms with Gasteiger partial charge < -0.3 is 15.5 Å². The Morgan fingerprint density at radius 1 is 1.17 bits per heavy atom. The SMILES string of the molecule is CCCC(CCO)CNCCO. The van der Waals surface area contributed by atoms with Crippen LogP contribution in [0.4, 0.5) is 0 Å². The molecule has 1 atom stereocenters. The topological polar surface area (TPSA) is 52.5 Å². The van der Waals surface area contributed by atoms with Gasteiger partial charge in [-0.3, -0.25) is 0 Å². The minimum absolute atomic E-state index is 0.192. The molecule has 0 heterocycles. The molecule has 0 aromatic rings. The van der Waals surface area contributed by atoms with E-state index in [1.54, 1.807) is 0 Å². The Kier molecular flexibility index (Phi) is 8.88. The Morgan fingerprint density at radius 2 is 1.92 bits per heavy atom. The van der Waals surface area contributed by atoms with Crippen LogP contribution in [0.5, 0.6) is 0 Å². The summed E-state index contributed by atoms with van der Waals surface area (Å²) in [7, 11) is 0. The second kappa shape index (κ2) is 8.97. The Balaban J connectivity index is 3.34. The highest BCUT2D eigenvalue weighted by Gasteiger charge is 2.05. The van der Waals surface area contributed by atoms with Gasteiger partial charge in [-0.2, -0.15) is 0 Å². The van der Waals surface area contributed by atoms with Gasteiger partial charge in [0.05, 0.1) is 6.61 Å². The summed E-state index contributed by atoms with van der Waals surface area (Å²) in [6, 6.07) is 0. The molecule has 0 amide bonds. The summed E-state index contributed by atoms with van der Waals surface area (Å²) in [5, 5.41) is 20.4. The molecule has 0 fully saturated rings. The van der Waals surface area contributed by atoms with Gasteiger partial charge in [0.15, 0.2) is 0 Å². The van der Waals surface area contributed by atoms with Crippen LogP contribution in [0.1, 0.15) is 26.2 Å². The van der Waals surface area contributed by atoms with Gasteiger partial charge in [0.25, 0.3) is 0 Å². The molecule has 3 heteroatoms. The number of aliphatic hydroxyl groups is 2. The molecule has 0 rings (SSSR count). The van der Waals surface area contributed by atoms with E-state index in [9.17, 15) is 0 Å². The van der Waals surface area contributed by atoms with Gasteiger partial charge in [-0.05, 0) is 25.3 Å². The molecule has 0 aliphatic carbocycles. The fourth-order valence-corrected chi connectivity index (χ4v) is 1.32. The Bertz CT molecular complexity index is 82.6. The third-order valence-electron chi connectivity index (χ3n) is 1.96. The van der Waals surface area contributed by atoms with Crippen molar-refractivity contribution in [2.24, 2.45) is 5.92 Å². The standard InChI is InChI=1S/C9H21NO2/c1-2-3-9(4-6-11)8-10-5-7-12/h9-12H,2-8H2,1H3. The summed E-state index contributed by atoms with van der Waals surface area (Å²) in [5.41, 5.74) is 0. The van der Waals surface area contributed by atoms with E-state index < -0.39 is 0 Å². The van der Waals surface area contributed by atoms with E-state index in [-0.39, 0.29) is 13.2 Å². The van der Waals surface area contributed by atoms with Crippen LogP contribution in [0.3, 0.4) is 0 Å². The van der Waals surface area contributed by atoms with E-state index >= 15 is 0 Å². The van der Waals surface area contributed by atoms with Crippen LogP contribution in [-0.4, -0.2) is 36.5 Å². The molecule has 0 saturated heterocycles. The number of rotatable bonds is 8. The number of hydrogen-bond acceptors (Lipinski definition) is 3. The second-order valence-electron chi connectivity index (χ2n) is 3.09. The molecule has 0 aliphatic heterocycles. The summed E-state index contributed by atoms with van der Waals surface area (Å²) in [6.45, 7) is 4.18. The van der Waals surface area contributed by atoms with Crippen LogP contribution in [-0.2, 0) is 0 Å². The van der Waals surface area contributed by atoms with E-state index in [0.29, 0.717) is 12.5 Å². The zero-order chi connectivity index (χ0) is 9.23. The normalized spacial score (nSPS) is 13.2. The van der Waals surface area contributed by atoms with E-state index in [0.717, 1.165) is 25.8 Å². The van der Waals surface area contributed by atoms with E-state index in [1.165, 1.54) is 0 Å². The van der Waals surface area contributed by atoms with Crippen molar-refractivity contribution in [3.8, 4) is 0 Å². The maximum Gasteiger partial charge on any atom is 0.0555 e. The van der Waals surface area contributed by atoms with Crippen molar-refractivity contribution < 1.29 is 10.2 Å². The fraction of sp³-hybridized carbons (Fsp3) is 1.00. The van der Waals surface area contributed by atoms with Gasteiger partial charge in [0.2, 0.25) is 0 Å². The lowest BCUT2D eigenvalue weighted by atomic mass is 10.0. The van der Waals surface area contributed by atoms with Crippen LogP contribution in [0.2, 0.25) is 0 Å². The van der Waals surface area contributed by atoms with E-state index in [1.807, 2.05) is 0 Å². The summed E-state index contributed by atoms with van der Waals surface area (Å²) in [5.74, 6) is 0.562. The first kappa shape index (κ1) is 11.9. The zero-order valence-corrected chi connectivity index (χ0v) is 7.92. The highest BCUT2D eigenvalue weighted by Crippen LogP contribution is 2.08. The average Bonchev–Trinajstić information content (AvgIpc) is 2.06. The van der Waals surface area contributed by atoms with Gasteiger partial charge in [-0.25, -0.2) is 0 Å². The Morgan fingerprint density at radius 3 is 2.42 bits per heavy atom. The largest absolute Gasteiger partial charge is 0.396 e. The lowest BCUT2D eigenvalue weighted by Crippen LogP contribution is -2.26. The smallest absolute Gasteiger partial charge is 0.0555 e. The van der Waals surface area contributed by atoms with Crippen molar-refractivity contribution >= 4 is 0 Å². The molecule has 0 radical (unpaired) electrons. The number of hydrogen-bond donors (Lipinski definition) is 3. The van der Waals surface area contributed by atoms with Crippen molar-refractivity contribution in [1.82, 2.24) is 5.32 Å². The summed E-state index contributed by atoms with van der Waals surface area (Å²) in [6.07, 6.45) is 3.18. The van der Waals surface area contributed by atoms with Crippen molar-refractivity contribution in [3.63, 3.8) is 0 Å². The lowest BCUT2D eigenvalue weighted by molar-refractivity contribution is 0.242. The van der Waals surface area contributed by atoms with Crippen LogP contribution < -0.4 is 5.32 Å². The molecule has 3 nitrogen and oxygen atoms in total. The third kappa shape index (κ3) is 6.58. The molecule has 1 unspecified atom stereocenters. The van der Waals surface area contributed by atoms with Crippen molar-refractivity contribution in [2.75, 3.05) is 26.3 Å². The maximum absolute atomic E-state index is 8.74. The quantitative estimate of drug-likeness (QED) is 0.467. The molecular weight excluding hydrogens is 154 g/mol. The molecule has 0 saturated carbocycles. The second-order valence-corrected chi connectivity index (χ2v) is 3.09.